The average molecular weight is 337 g/mol. The van der Waals surface area contributed by atoms with Gasteiger partial charge in [0.2, 0.25) is 0 Å². The molecule has 0 radical (unpaired) electrons. The normalized spacial score (nSPS) is 15.0. The van der Waals surface area contributed by atoms with Crippen molar-refractivity contribution in [3.63, 3.8) is 0 Å². The fourth-order valence-electron chi connectivity index (χ4n) is 2.36. The molecule has 4 N–H and O–H groups in total. The van der Waals surface area contributed by atoms with E-state index in [9.17, 15) is 0 Å². The lowest BCUT2D eigenvalue weighted by atomic mass is 10.1. The van der Waals surface area contributed by atoms with Crippen LogP contribution in [0, 0.1) is 0 Å². The number of aromatic nitrogens is 3. The van der Waals surface area contributed by atoms with Crippen molar-refractivity contribution in [1.82, 2.24) is 15.0 Å². The van der Waals surface area contributed by atoms with Crippen LogP contribution in [-0.2, 0) is 0 Å². The van der Waals surface area contributed by atoms with Crippen LogP contribution in [0.15, 0.2) is 28.4 Å². The van der Waals surface area contributed by atoms with Crippen molar-refractivity contribution in [2.45, 2.75) is 29.2 Å². The minimum Gasteiger partial charge on any atom is -0.382 e. The number of halogens is 1. The van der Waals surface area contributed by atoms with E-state index in [1.807, 2.05) is 0 Å². The molecule has 22 heavy (non-hydrogen) atoms. The summed E-state index contributed by atoms with van der Waals surface area (Å²) in [5.41, 5.74) is 11.8. The third-order valence-corrected chi connectivity index (χ3v) is 5.10. The van der Waals surface area contributed by atoms with Crippen molar-refractivity contribution in [3.05, 3.63) is 23.5 Å². The molecule has 1 aliphatic heterocycles. The van der Waals surface area contributed by atoms with Crippen LogP contribution >= 0.6 is 23.4 Å². The topological polar surface area (TPSA) is 94.0 Å². The molecule has 0 bridgehead atoms. The van der Waals surface area contributed by atoms with E-state index in [0.29, 0.717) is 21.7 Å². The highest BCUT2D eigenvalue weighted by atomic mass is 35.5. The summed E-state index contributed by atoms with van der Waals surface area (Å²) < 4.78 is 0. The first-order valence-electron chi connectivity index (χ1n) is 7.10. The first-order valence-corrected chi connectivity index (χ1v) is 8.30. The molecule has 0 amide bonds. The number of piperidine rings is 1. The van der Waals surface area contributed by atoms with Gasteiger partial charge in [-0.15, -0.1) is 0 Å². The van der Waals surface area contributed by atoms with E-state index >= 15 is 0 Å². The van der Waals surface area contributed by atoms with E-state index in [0.717, 1.165) is 23.8 Å². The van der Waals surface area contributed by atoms with E-state index in [1.54, 1.807) is 18.5 Å². The standard InChI is InChI=1S/C14H17ClN6S/c15-11-9(4-5-18-12(11)16)22-14-13(17)20-10(8-19-14)21-6-2-1-3-7-21/h4-5,8H,1-3,6-7H2,(H2,16,18)(H2,17,20). The molecular formula is C14H17ClN6S. The Morgan fingerprint density at radius 3 is 2.59 bits per heavy atom. The Balaban J connectivity index is 1.81. The van der Waals surface area contributed by atoms with Gasteiger partial charge in [-0.2, -0.15) is 0 Å². The molecular weight excluding hydrogens is 320 g/mol. The highest BCUT2D eigenvalue weighted by molar-refractivity contribution is 7.99. The summed E-state index contributed by atoms with van der Waals surface area (Å²) in [4.78, 5) is 15.8. The van der Waals surface area contributed by atoms with Crippen LogP contribution in [0.25, 0.3) is 0 Å². The van der Waals surface area contributed by atoms with Crippen LogP contribution in [0.2, 0.25) is 5.02 Å². The fraction of sp³-hybridized carbons (Fsp3) is 0.357. The Bertz CT molecular complexity index is 674. The lowest BCUT2D eigenvalue weighted by Gasteiger charge is -2.27. The highest BCUT2D eigenvalue weighted by Gasteiger charge is 2.15. The van der Waals surface area contributed by atoms with Gasteiger partial charge in [0.15, 0.2) is 5.82 Å². The minimum absolute atomic E-state index is 0.295. The van der Waals surface area contributed by atoms with Crippen LogP contribution in [0.4, 0.5) is 17.5 Å². The number of nitrogens with two attached hydrogens (primary N) is 2. The Kier molecular flexibility index (Phi) is 4.54. The maximum Gasteiger partial charge on any atom is 0.158 e. The SMILES string of the molecule is Nc1nc(N2CCCCC2)cnc1Sc1ccnc(N)c1Cl. The predicted octanol–water partition coefficient (Wildman–Crippen LogP) is 2.83. The quantitative estimate of drug-likeness (QED) is 0.889. The Morgan fingerprint density at radius 1 is 1.09 bits per heavy atom. The largest absolute Gasteiger partial charge is 0.382 e. The van der Waals surface area contributed by atoms with Gasteiger partial charge in [0.1, 0.15) is 16.7 Å². The van der Waals surface area contributed by atoms with Gasteiger partial charge in [0, 0.05) is 24.2 Å². The van der Waals surface area contributed by atoms with Crippen molar-refractivity contribution in [3.8, 4) is 0 Å². The molecule has 0 saturated carbocycles. The molecule has 0 aromatic carbocycles. The maximum atomic E-state index is 6.14. The zero-order chi connectivity index (χ0) is 15.5. The molecule has 1 aliphatic rings. The number of nitrogen functional groups attached to an aromatic ring is 2. The van der Waals surface area contributed by atoms with Crippen LogP contribution in [0.1, 0.15) is 19.3 Å². The summed E-state index contributed by atoms with van der Waals surface area (Å²) in [6, 6.07) is 1.78. The summed E-state index contributed by atoms with van der Waals surface area (Å²) >= 11 is 7.48. The molecule has 2 aromatic heterocycles. The molecule has 0 unspecified atom stereocenters. The Morgan fingerprint density at radius 2 is 1.86 bits per heavy atom. The van der Waals surface area contributed by atoms with Gasteiger partial charge in [-0.05, 0) is 25.3 Å². The zero-order valence-electron chi connectivity index (χ0n) is 12.0. The van der Waals surface area contributed by atoms with Crippen molar-refractivity contribution < 1.29 is 0 Å². The number of hydrogen-bond acceptors (Lipinski definition) is 7. The van der Waals surface area contributed by atoms with Crippen LogP contribution in [0.3, 0.4) is 0 Å². The second-order valence-electron chi connectivity index (χ2n) is 5.08. The molecule has 0 aliphatic carbocycles. The molecule has 1 saturated heterocycles. The van der Waals surface area contributed by atoms with Crippen molar-refractivity contribution in [2.24, 2.45) is 0 Å². The molecule has 2 aromatic rings. The van der Waals surface area contributed by atoms with Gasteiger partial charge in [-0.1, -0.05) is 23.4 Å². The molecule has 116 valence electrons. The van der Waals surface area contributed by atoms with E-state index in [1.165, 1.54) is 31.0 Å². The first-order chi connectivity index (χ1) is 10.6. The van der Waals surface area contributed by atoms with Crippen LogP contribution in [-0.4, -0.2) is 28.0 Å². The van der Waals surface area contributed by atoms with Gasteiger partial charge in [-0.3, -0.25) is 0 Å². The monoisotopic (exact) mass is 336 g/mol. The van der Waals surface area contributed by atoms with Crippen LogP contribution in [0.5, 0.6) is 0 Å². The van der Waals surface area contributed by atoms with Crippen molar-refractivity contribution in [2.75, 3.05) is 29.5 Å². The molecule has 0 atom stereocenters. The third kappa shape index (κ3) is 3.20. The van der Waals surface area contributed by atoms with Crippen molar-refractivity contribution in [1.29, 1.82) is 0 Å². The average Bonchev–Trinajstić information content (AvgIpc) is 2.54. The number of hydrogen-bond donors (Lipinski definition) is 2. The van der Waals surface area contributed by atoms with Gasteiger partial charge in [0.05, 0.1) is 11.2 Å². The summed E-state index contributed by atoms with van der Waals surface area (Å²) in [6.45, 7) is 2.01. The fourth-order valence-corrected chi connectivity index (χ4v) is 3.38. The number of pyridine rings is 1. The molecule has 3 heterocycles. The number of rotatable bonds is 3. The molecule has 1 fully saturated rings. The number of anilines is 3. The molecule has 8 heteroatoms. The van der Waals surface area contributed by atoms with E-state index < -0.39 is 0 Å². The third-order valence-electron chi connectivity index (χ3n) is 3.52. The maximum absolute atomic E-state index is 6.14. The smallest absolute Gasteiger partial charge is 0.158 e. The first kappa shape index (κ1) is 15.2. The zero-order valence-corrected chi connectivity index (χ0v) is 13.6. The van der Waals surface area contributed by atoms with E-state index in [2.05, 4.69) is 19.9 Å². The van der Waals surface area contributed by atoms with Crippen LogP contribution < -0.4 is 16.4 Å². The second-order valence-corrected chi connectivity index (χ2v) is 6.49. The van der Waals surface area contributed by atoms with Gasteiger partial charge in [0.25, 0.3) is 0 Å². The minimum atomic E-state index is 0.295. The Labute approximate surface area is 138 Å². The molecule has 0 spiro atoms. The predicted molar refractivity (Wildman–Crippen MR) is 90.3 cm³/mol. The van der Waals surface area contributed by atoms with Gasteiger partial charge >= 0.3 is 0 Å². The summed E-state index contributed by atoms with van der Waals surface area (Å²) in [6.07, 6.45) is 7.01. The highest BCUT2D eigenvalue weighted by Crippen LogP contribution is 2.36. The van der Waals surface area contributed by atoms with E-state index in [4.69, 9.17) is 23.1 Å². The summed E-state index contributed by atoms with van der Waals surface area (Å²) in [5.74, 6) is 1.53. The van der Waals surface area contributed by atoms with Crippen molar-refractivity contribution >= 4 is 40.8 Å². The van der Waals surface area contributed by atoms with Gasteiger partial charge < -0.3 is 16.4 Å². The van der Waals surface area contributed by atoms with E-state index in [-0.39, 0.29) is 0 Å². The summed E-state index contributed by atoms with van der Waals surface area (Å²) in [7, 11) is 0. The second kappa shape index (κ2) is 6.58. The molecule has 6 nitrogen and oxygen atoms in total. The Hall–Kier alpha value is -1.73. The lowest BCUT2D eigenvalue weighted by Crippen LogP contribution is -2.30. The summed E-state index contributed by atoms with van der Waals surface area (Å²) in [5, 5.41) is 1.03. The van der Waals surface area contributed by atoms with Gasteiger partial charge in [-0.25, -0.2) is 15.0 Å². The lowest BCUT2D eigenvalue weighted by molar-refractivity contribution is 0.572. The molecule has 3 rings (SSSR count). The number of nitrogens with zero attached hydrogens (tertiary/aromatic N) is 4.